The van der Waals surface area contributed by atoms with E-state index >= 15 is 0 Å². The molecule has 1 aromatic carbocycles. The van der Waals surface area contributed by atoms with Crippen molar-refractivity contribution in [1.82, 2.24) is 0 Å². The lowest BCUT2D eigenvalue weighted by atomic mass is 10.0. The Hall–Kier alpha value is -2.33. The van der Waals surface area contributed by atoms with Crippen LogP contribution < -0.4 is 5.32 Å². The van der Waals surface area contributed by atoms with Gasteiger partial charge in [0, 0.05) is 5.69 Å². The van der Waals surface area contributed by atoms with Crippen molar-refractivity contribution in [1.29, 1.82) is 10.5 Å². The van der Waals surface area contributed by atoms with Crippen LogP contribution in [0.4, 0.5) is 5.69 Å². The van der Waals surface area contributed by atoms with E-state index in [9.17, 15) is 4.79 Å². The zero-order valence-electron chi connectivity index (χ0n) is 7.16. The first-order valence-electron chi connectivity index (χ1n) is 4.01. The Morgan fingerprint density at radius 2 is 1.86 bits per heavy atom. The van der Waals surface area contributed by atoms with Crippen LogP contribution in [0.1, 0.15) is 16.7 Å². The van der Waals surface area contributed by atoms with Crippen LogP contribution in [0.15, 0.2) is 12.1 Å². The molecule has 0 saturated carbocycles. The Morgan fingerprint density at radius 1 is 1.21 bits per heavy atom. The number of anilines is 1. The van der Waals surface area contributed by atoms with Gasteiger partial charge in [0.15, 0.2) is 0 Å². The average Bonchev–Trinajstić information content (AvgIpc) is 2.54. The van der Waals surface area contributed by atoms with Gasteiger partial charge in [0.2, 0.25) is 5.91 Å². The van der Waals surface area contributed by atoms with E-state index in [0.29, 0.717) is 16.8 Å². The molecular formula is C10H5N3O. The first-order valence-corrected chi connectivity index (χ1v) is 4.01. The highest BCUT2D eigenvalue weighted by Gasteiger charge is 2.19. The van der Waals surface area contributed by atoms with Gasteiger partial charge in [-0.15, -0.1) is 0 Å². The summed E-state index contributed by atoms with van der Waals surface area (Å²) in [6.07, 6.45) is 0.287. The first-order chi connectivity index (χ1) is 6.74. The lowest BCUT2D eigenvalue weighted by molar-refractivity contribution is -0.115. The van der Waals surface area contributed by atoms with Crippen LogP contribution in [0.2, 0.25) is 0 Å². The maximum absolute atomic E-state index is 11.0. The molecule has 0 spiro atoms. The molecule has 4 nitrogen and oxygen atoms in total. The number of carbonyl (C=O) groups excluding carboxylic acids is 1. The largest absolute Gasteiger partial charge is 0.325 e. The summed E-state index contributed by atoms with van der Waals surface area (Å²) in [6.45, 7) is 0. The maximum atomic E-state index is 11.0. The zero-order valence-corrected chi connectivity index (χ0v) is 7.16. The van der Waals surface area contributed by atoms with Gasteiger partial charge < -0.3 is 5.32 Å². The second-order valence-corrected chi connectivity index (χ2v) is 3.00. The monoisotopic (exact) mass is 183 g/mol. The molecule has 0 aromatic heterocycles. The van der Waals surface area contributed by atoms with E-state index in [2.05, 4.69) is 5.32 Å². The van der Waals surface area contributed by atoms with Gasteiger partial charge in [-0.3, -0.25) is 4.79 Å². The summed E-state index contributed by atoms with van der Waals surface area (Å²) < 4.78 is 0. The molecule has 1 amide bonds. The molecule has 2 rings (SSSR count). The predicted molar refractivity (Wildman–Crippen MR) is 48.2 cm³/mol. The first kappa shape index (κ1) is 8.28. The molecule has 0 atom stereocenters. The third-order valence-electron chi connectivity index (χ3n) is 2.11. The fourth-order valence-corrected chi connectivity index (χ4v) is 1.46. The van der Waals surface area contributed by atoms with E-state index in [4.69, 9.17) is 10.5 Å². The Kier molecular flexibility index (Phi) is 1.69. The summed E-state index contributed by atoms with van der Waals surface area (Å²) in [5.41, 5.74) is 2.05. The van der Waals surface area contributed by atoms with Crippen LogP contribution in [0.3, 0.4) is 0 Å². The number of fused-ring (bicyclic) bond motifs is 1. The molecule has 1 aliphatic rings. The Morgan fingerprint density at radius 3 is 2.50 bits per heavy atom. The molecule has 1 heterocycles. The van der Waals surface area contributed by atoms with Crippen molar-refractivity contribution in [3.63, 3.8) is 0 Å². The van der Waals surface area contributed by atoms with Gasteiger partial charge >= 0.3 is 0 Å². The summed E-state index contributed by atoms with van der Waals surface area (Å²) in [7, 11) is 0. The van der Waals surface area contributed by atoms with Crippen molar-refractivity contribution in [2.24, 2.45) is 0 Å². The fourth-order valence-electron chi connectivity index (χ4n) is 1.46. The second kappa shape index (κ2) is 2.86. The topological polar surface area (TPSA) is 76.7 Å². The third kappa shape index (κ3) is 1.10. The van der Waals surface area contributed by atoms with Crippen LogP contribution in [-0.2, 0) is 11.2 Å². The van der Waals surface area contributed by atoms with Gasteiger partial charge in [-0.2, -0.15) is 10.5 Å². The Balaban J connectivity index is 2.62. The summed E-state index contributed by atoms with van der Waals surface area (Å²) in [4.78, 5) is 11.0. The maximum Gasteiger partial charge on any atom is 0.228 e. The number of benzene rings is 1. The minimum atomic E-state index is -0.0982. The van der Waals surface area contributed by atoms with E-state index < -0.39 is 0 Å². The van der Waals surface area contributed by atoms with Crippen molar-refractivity contribution >= 4 is 11.6 Å². The molecule has 0 bridgehead atoms. The quantitative estimate of drug-likeness (QED) is 0.649. The number of hydrogen-bond donors (Lipinski definition) is 1. The van der Waals surface area contributed by atoms with Crippen molar-refractivity contribution < 1.29 is 4.79 Å². The van der Waals surface area contributed by atoms with Crippen molar-refractivity contribution in [2.75, 3.05) is 5.32 Å². The van der Waals surface area contributed by atoms with Crippen LogP contribution in [0, 0.1) is 22.7 Å². The van der Waals surface area contributed by atoms with Crippen LogP contribution in [-0.4, -0.2) is 5.91 Å². The van der Waals surface area contributed by atoms with Crippen molar-refractivity contribution in [3.05, 3.63) is 28.8 Å². The van der Waals surface area contributed by atoms with Gasteiger partial charge in [0.1, 0.15) is 12.1 Å². The highest BCUT2D eigenvalue weighted by atomic mass is 16.1. The molecule has 0 radical (unpaired) electrons. The number of rotatable bonds is 0. The van der Waals surface area contributed by atoms with Crippen LogP contribution >= 0.6 is 0 Å². The molecule has 0 unspecified atom stereocenters. The molecule has 14 heavy (non-hydrogen) atoms. The number of hydrogen-bond acceptors (Lipinski definition) is 3. The van der Waals surface area contributed by atoms with E-state index in [1.165, 1.54) is 0 Å². The summed E-state index contributed by atoms with van der Waals surface area (Å²) in [5.74, 6) is -0.0982. The second-order valence-electron chi connectivity index (χ2n) is 3.00. The average molecular weight is 183 g/mol. The number of nitrogens with zero attached hydrogens (tertiary/aromatic N) is 2. The highest BCUT2D eigenvalue weighted by molar-refractivity contribution is 5.99. The van der Waals surface area contributed by atoms with Gasteiger partial charge in [0.05, 0.1) is 17.5 Å². The summed E-state index contributed by atoms with van der Waals surface area (Å²) in [6, 6.07) is 6.98. The van der Waals surface area contributed by atoms with Crippen molar-refractivity contribution in [2.45, 2.75) is 6.42 Å². The summed E-state index contributed by atoms with van der Waals surface area (Å²) in [5, 5.41) is 20.1. The predicted octanol–water partition coefficient (Wildman–Crippen LogP) is 0.925. The SMILES string of the molecule is N#Cc1cc2c(cc1C#N)NC(=O)C2. The number of carbonyl (C=O) groups is 1. The molecule has 0 aliphatic carbocycles. The van der Waals surface area contributed by atoms with Crippen LogP contribution in [0.25, 0.3) is 0 Å². The van der Waals surface area contributed by atoms with Crippen LogP contribution in [0.5, 0.6) is 0 Å². The minimum Gasteiger partial charge on any atom is -0.325 e. The van der Waals surface area contributed by atoms with E-state index in [0.717, 1.165) is 5.56 Å². The Bertz CT molecular complexity index is 460. The lowest BCUT2D eigenvalue weighted by Crippen LogP contribution is -2.03. The lowest BCUT2D eigenvalue weighted by Gasteiger charge is -1.99. The molecule has 66 valence electrons. The number of nitrogens with one attached hydrogen (secondary N) is 1. The molecule has 1 aromatic rings. The molecular weight excluding hydrogens is 178 g/mol. The minimum absolute atomic E-state index is 0.0982. The third-order valence-corrected chi connectivity index (χ3v) is 2.11. The molecule has 4 heteroatoms. The summed E-state index contributed by atoms with van der Waals surface area (Å²) >= 11 is 0. The van der Waals surface area contributed by atoms with Crippen molar-refractivity contribution in [3.8, 4) is 12.1 Å². The van der Waals surface area contributed by atoms with Gasteiger partial charge in [0.25, 0.3) is 0 Å². The van der Waals surface area contributed by atoms with Gasteiger partial charge in [-0.25, -0.2) is 0 Å². The van der Waals surface area contributed by atoms with E-state index in [1.807, 2.05) is 12.1 Å². The molecule has 0 saturated heterocycles. The fraction of sp³-hybridized carbons (Fsp3) is 0.100. The normalized spacial score (nSPS) is 12.6. The van der Waals surface area contributed by atoms with Gasteiger partial charge in [-0.05, 0) is 17.7 Å². The van der Waals surface area contributed by atoms with E-state index in [1.54, 1.807) is 12.1 Å². The number of nitriles is 2. The molecule has 1 aliphatic heterocycles. The van der Waals surface area contributed by atoms with E-state index in [-0.39, 0.29) is 12.3 Å². The molecule has 1 N–H and O–H groups in total. The number of amides is 1. The Labute approximate surface area is 80.4 Å². The molecule has 0 fully saturated rings. The smallest absolute Gasteiger partial charge is 0.228 e. The standard InChI is InChI=1S/C10H5N3O/c11-4-7-1-6-3-10(14)13-9(6)2-8(7)5-12/h1-2H,3H2,(H,13,14). The highest BCUT2D eigenvalue weighted by Crippen LogP contribution is 2.26. The zero-order chi connectivity index (χ0) is 10.1. The van der Waals surface area contributed by atoms with Gasteiger partial charge in [-0.1, -0.05) is 0 Å².